The van der Waals surface area contributed by atoms with Gasteiger partial charge in [-0.2, -0.15) is 0 Å². The molecule has 0 aliphatic heterocycles. The molecule has 0 aliphatic rings. The van der Waals surface area contributed by atoms with Gasteiger partial charge in [-0.1, -0.05) is 30.3 Å². The van der Waals surface area contributed by atoms with Gasteiger partial charge < -0.3 is 20.1 Å². The van der Waals surface area contributed by atoms with Crippen molar-refractivity contribution in [3.8, 4) is 5.75 Å². The van der Waals surface area contributed by atoms with Gasteiger partial charge in [0.15, 0.2) is 6.04 Å². The third-order valence-corrected chi connectivity index (χ3v) is 4.27. The molecule has 3 amide bonds. The number of benzene rings is 2. The second-order valence-electron chi connectivity index (χ2n) is 6.20. The minimum atomic E-state index is -0.637. The van der Waals surface area contributed by atoms with Gasteiger partial charge in [0.25, 0.3) is 5.91 Å². The van der Waals surface area contributed by atoms with Crippen molar-refractivity contribution in [2.75, 3.05) is 20.8 Å². The topological polar surface area (TPSA) is 110 Å². The fourth-order valence-corrected chi connectivity index (χ4v) is 2.85. The number of quaternary nitrogens is 1. The number of hydrogen-bond acceptors (Lipinski definition) is 5. The van der Waals surface area contributed by atoms with E-state index in [1.54, 1.807) is 24.4 Å². The number of imide groups is 1. The van der Waals surface area contributed by atoms with Gasteiger partial charge in [0.05, 0.1) is 14.2 Å². The van der Waals surface area contributed by atoms with Gasteiger partial charge in [0.1, 0.15) is 17.9 Å². The lowest BCUT2D eigenvalue weighted by atomic mass is 10.0. The molecule has 2 aromatic carbocycles. The summed E-state index contributed by atoms with van der Waals surface area (Å²) in [5.74, 6) is -0.518. The summed E-state index contributed by atoms with van der Waals surface area (Å²) in [5.41, 5.74) is 1.87. The van der Waals surface area contributed by atoms with Crippen LogP contribution < -0.4 is 20.7 Å². The average molecular weight is 400 g/mol. The number of urea groups is 1. The predicted octanol–water partition coefficient (Wildman–Crippen LogP) is 1.13. The Hall–Kier alpha value is -3.39. The van der Waals surface area contributed by atoms with E-state index in [4.69, 9.17) is 9.47 Å². The Balaban J connectivity index is 2.20. The summed E-state index contributed by atoms with van der Waals surface area (Å²) in [6.45, 7) is 2.59. The number of nitrogens with one attached hydrogen (secondary N) is 2. The number of amides is 3. The highest BCUT2D eigenvalue weighted by Gasteiger charge is 2.26. The van der Waals surface area contributed by atoms with Gasteiger partial charge in [-0.25, -0.2) is 9.59 Å². The van der Waals surface area contributed by atoms with E-state index in [-0.39, 0.29) is 0 Å². The SMILES string of the molecule is CCNC(=O)NC(=O)[C@H]([NH2+]Cc1ccc(OC)c(C(=O)OC)c1)c1ccccc1. The zero-order chi connectivity index (χ0) is 21.2. The van der Waals surface area contributed by atoms with Crippen molar-refractivity contribution in [1.82, 2.24) is 10.6 Å². The fraction of sp³-hybridized carbons (Fsp3) is 0.286. The van der Waals surface area contributed by atoms with E-state index < -0.39 is 23.9 Å². The van der Waals surface area contributed by atoms with Crippen molar-refractivity contribution in [2.24, 2.45) is 0 Å². The summed E-state index contributed by atoms with van der Waals surface area (Å²) in [7, 11) is 2.78. The molecule has 2 aromatic rings. The normalized spacial score (nSPS) is 11.3. The lowest BCUT2D eigenvalue weighted by molar-refractivity contribution is -0.698. The van der Waals surface area contributed by atoms with Gasteiger partial charge in [-0.05, 0) is 25.1 Å². The van der Waals surface area contributed by atoms with Crippen molar-refractivity contribution in [1.29, 1.82) is 0 Å². The van der Waals surface area contributed by atoms with Crippen molar-refractivity contribution in [2.45, 2.75) is 19.5 Å². The summed E-state index contributed by atoms with van der Waals surface area (Å²) in [5, 5.41) is 6.70. The number of hydrogen-bond donors (Lipinski definition) is 3. The Morgan fingerprint density at radius 2 is 1.79 bits per heavy atom. The summed E-state index contributed by atoms with van der Waals surface area (Å²) in [6.07, 6.45) is 0. The Kier molecular flexibility index (Phi) is 8.17. The molecule has 4 N–H and O–H groups in total. The molecule has 8 nitrogen and oxygen atoms in total. The van der Waals surface area contributed by atoms with Gasteiger partial charge in [0, 0.05) is 17.7 Å². The van der Waals surface area contributed by atoms with Crippen LogP contribution in [0.25, 0.3) is 0 Å². The highest BCUT2D eigenvalue weighted by atomic mass is 16.5. The van der Waals surface area contributed by atoms with Crippen LogP contribution in [0.15, 0.2) is 48.5 Å². The second kappa shape index (κ2) is 10.8. The first-order valence-corrected chi connectivity index (χ1v) is 9.22. The molecule has 1 atom stereocenters. The zero-order valence-corrected chi connectivity index (χ0v) is 16.7. The zero-order valence-electron chi connectivity index (χ0n) is 16.7. The Morgan fingerprint density at radius 3 is 2.41 bits per heavy atom. The third-order valence-electron chi connectivity index (χ3n) is 4.27. The summed E-state index contributed by atoms with van der Waals surface area (Å²) >= 11 is 0. The number of nitrogens with two attached hydrogens (primary N) is 1. The summed E-state index contributed by atoms with van der Waals surface area (Å²) in [4.78, 5) is 36.4. The third kappa shape index (κ3) is 6.05. The van der Waals surface area contributed by atoms with Crippen molar-refractivity contribution >= 4 is 17.9 Å². The van der Waals surface area contributed by atoms with Crippen molar-refractivity contribution in [3.05, 3.63) is 65.2 Å². The van der Waals surface area contributed by atoms with E-state index >= 15 is 0 Å². The Bertz CT molecular complexity index is 855. The van der Waals surface area contributed by atoms with Gasteiger partial charge >= 0.3 is 12.0 Å². The van der Waals surface area contributed by atoms with Crippen LogP contribution >= 0.6 is 0 Å². The first-order valence-electron chi connectivity index (χ1n) is 9.22. The average Bonchev–Trinajstić information content (AvgIpc) is 2.74. The van der Waals surface area contributed by atoms with Crippen LogP contribution in [0.2, 0.25) is 0 Å². The quantitative estimate of drug-likeness (QED) is 0.576. The lowest BCUT2D eigenvalue weighted by Gasteiger charge is -2.16. The maximum Gasteiger partial charge on any atom is 0.341 e. The minimum absolute atomic E-state index is 0.309. The van der Waals surface area contributed by atoms with Crippen LogP contribution in [0.1, 0.15) is 34.5 Å². The molecule has 8 heteroatoms. The molecule has 0 aliphatic carbocycles. The largest absolute Gasteiger partial charge is 0.496 e. The van der Waals surface area contributed by atoms with E-state index in [9.17, 15) is 14.4 Å². The lowest BCUT2D eigenvalue weighted by Crippen LogP contribution is -2.86. The van der Waals surface area contributed by atoms with Crippen molar-refractivity contribution < 1.29 is 29.2 Å². The number of carbonyl (C=O) groups is 3. The molecule has 154 valence electrons. The first kappa shape index (κ1) is 21.9. The van der Waals surface area contributed by atoms with E-state index in [0.717, 1.165) is 11.1 Å². The van der Waals surface area contributed by atoms with Gasteiger partial charge in [-0.3, -0.25) is 10.1 Å². The highest BCUT2D eigenvalue weighted by Crippen LogP contribution is 2.20. The maximum atomic E-state index is 12.7. The number of rotatable bonds is 8. The first-order chi connectivity index (χ1) is 14.0. The number of esters is 1. The summed E-state index contributed by atoms with van der Waals surface area (Å²) in [6, 6.07) is 13.2. The molecule has 0 bridgehead atoms. The molecular weight excluding hydrogens is 374 g/mol. The summed E-state index contributed by atoms with van der Waals surface area (Å²) < 4.78 is 10.00. The number of carbonyl (C=O) groups excluding carboxylic acids is 3. The molecule has 0 saturated carbocycles. The molecule has 2 rings (SSSR count). The molecule has 29 heavy (non-hydrogen) atoms. The minimum Gasteiger partial charge on any atom is -0.496 e. The van der Waals surface area contributed by atoms with E-state index in [2.05, 4.69) is 10.6 Å². The Labute approximate surface area is 169 Å². The Morgan fingerprint density at radius 1 is 1.07 bits per heavy atom. The molecular formula is C21H26N3O5+. The fourth-order valence-electron chi connectivity index (χ4n) is 2.85. The monoisotopic (exact) mass is 400 g/mol. The van der Waals surface area contributed by atoms with E-state index in [1.807, 2.05) is 36.4 Å². The molecule has 0 radical (unpaired) electrons. The van der Waals surface area contributed by atoms with Crippen LogP contribution in [-0.4, -0.2) is 38.7 Å². The molecule has 0 saturated heterocycles. The van der Waals surface area contributed by atoms with Gasteiger partial charge in [0.2, 0.25) is 0 Å². The molecule has 0 aromatic heterocycles. The molecule has 0 fully saturated rings. The van der Waals surface area contributed by atoms with E-state index in [1.165, 1.54) is 14.2 Å². The number of ether oxygens (including phenoxy) is 2. The number of methoxy groups -OCH3 is 2. The molecule has 0 unspecified atom stereocenters. The van der Waals surface area contributed by atoms with Crippen molar-refractivity contribution in [3.63, 3.8) is 0 Å². The highest BCUT2D eigenvalue weighted by molar-refractivity contribution is 5.96. The maximum absolute atomic E-state index is 12.7. The molecule has 0 spiro atoms. The second-order valence-corrected chi connectivity index (χ2v) is 6.20. The van der Waals surface area contributed by atoms with E-state index in [0.29, 0.717) is 24.4 Å². The standard InChI is InChI=1S/C21H25N3O5/c1-4-22-21(27)24-19(25)18(15-8-6-5-7-9-15)23-13-14-10-11-17(28-2)16(12-14)20(26)29-3/h5-12,18,23H,4,13H2,1-3H3,(H2,22,24,25,27)/p+1/t18-/m1/s1. The van der Waals surface area contributed by atoms with Crippen LogP contribution in [0.5, 0.6) is 5.75 Å². The smallest absolute Gasteiger partial charge is 0.341 e. The van der Waals surface area contributed by atoms with Gasteiger partial charge in [-0.15, -0.1) is 0 Å². The molecule has 0 heterocycles. The predicted molar refractivity (Wildman–Crippen MR) is 106 cm³/mol. The van der Waals surface area contributed by atoms with Crippen LogP contribution in [0.3, 0.4) is 0 Å². The van der Waals surface area contributed by atoms with Crippen LogP contribution in [0.4, 0.5) is 4.79 Å². The van der Waals surface area contributed by atoms with Crippen LogP contribution in [-0.2, 0) is 16.1 Å². The van der Waals surface area contributed by atoms with Crippen LogP contribution in [0, 0.1) is 0 Å².